The lowest BCUT2D eigenvalue weighted by atomic mass is 10.1. The summed E-state index contributed by atoms with van der Waals surface area (Å²) in [6.07, 6.45) is 0.761. The molecule has 7 heteroatoms. The molecular weight excluding hydrogens is 296 g/mol. The molecule has 0 radical (unpaired) electrons. The molecule has 2 rings (SSSR count). The van der Waals surface area contributed by atoms with Gasteiger partial charge in [-0.25, -0.2) is 4.98 Å². The molecule has 0 spiro atoms. The maximum absolute atomic E-state index is 12.3. The fourth-order valence-electron chi connectivity index (χ4n) is 2.78. The largest absolute Gasteiger partial charge is 0.378 e. The summed E-state index contributed by atoms with van der Waals surface area (Å²) in [5.74, 6) is 0.667. The second kappa shape index (κ2) is 8.10. The highest BCUT2D eigenvalue weighted by Gasteiger charge is 2.17. The minimum absolute atomic E-state index is 0.0751. The summed E-state index contributed by atoms with van der Waals surface area (Å²) in [6, 6.07) is 0. The van der Waals surface area contributed by atoms with Crippen molar-refractivity contribution in [3.8, 4) is 0 Å². The number of anilines is 1. The lowest BCUT2D eigenvalue weighted by Crippen LogP contribution is -2.38. The molecule has 0 atom stereocenters. The molecule has 1 aromatic heterocycles. The molecule has 1 aliphatic heterocycles. The van der Waals surface area contributed by atoms with E-state index in [0.29, 0.717) is 56.4 Å². The van der Waals surface area contributed by atoms with Gasteiger partial charge in [-0.15, -0.1) is 0 Å². The van der Waals surface area contributed by atoms with Crippen molar-refractivity contribution in [1.82, 2.24) is 14.9 Å². The van der Waals surface area contributed by atoms with Crippen molar-refractivity contribution < 1.29 is 9.53 Å². The molecule has 2 heterocycles. The second-order valence-electron chi connectivity index (χ2n) is 5.62. The van der Waals surface area contributed by atoms with E-state index in [1.54, 1.807) is 4.90 Å². The molecule has 0 saturated carbocycles. The fraction of sp³-hybridized carbons (Fsp3) is 0.688. The van der Waals surface area contributed by atoms with E-state index in [4.69, 9.17) is 4.74 Å². The van der Waals surface area contributed by atoms with Crippen LogP contribution in [-0.4, -0.2) is 60.2 Å². The maximum atomic E-state index is 12.3. The Balaban J connectivity index is 2.08. The first kappa shape index (κ1) is 17.5. The van der Waals surface area contributed by atoms with Crippen LogP contribution in [0.5, 0.6) is 0 Å². The number of carbonyl (C=O) groups is 1. The predicted octanol–water partition coefficient (Wildman–Crippen LogP) is 0.716. The Hall–Kier alpha value is -1.89. The molecular formula is C16H26N4O3. The van der Waals surface area contributed by atoms with E-state index in [1.165, 1.54) is 0 Å². The van der Waals surface area contributed by atoms with Crippen LogP contribution in [0, 0.1) is 6.92 Å². The van der Waals surface area contributed by atoms with E-state index in [-0.39, 0.29) is 11.5 Å². The molecule has 1 fully saturated rings. The molecule has 1 aromatic rings. The third kappa shape index (κ3) is 4.31. The van der Waals surface area contributed by atoms with E-state index in [0.717, 1.165) is 13.1 Å². The van der Waals surface area contributed by atoms with Gasteiger partial charge in [-0.05, 0) is 27.2 Å². The minimum Gasteiger partial charge on any atom is -0.378 e. The predicted molar refractivity (Wildman–Crippen MR) is 88.9 cm³/mol. The number of amides is 1. The molecule has 0 bridgehead atoms. The lowest BCUT2D eigenvalue weighted by Gasteiger charge is -2.27. The number of aromatic amines is 1. The number of nitrogens with one attached hydrogen (secondary N) is 1. The van der Waals surface area contributed by atoms with Gasteiger partial charge in [0, 0.05) is 43.9 Å². The van der Waals surface area contributed by atoms with E-state index in [2.05, 4.69) is 9.97 Å². The summed E-state index contributed by atoms with van der Waals surface area (Å²) in [7, 11) is 0. The zero-order valence-electron chi connectivity index (χ0n) is 14.2. The summed E-state index contributed by atoms with van der Waals surface area (Å²) >= 11 is 0. The molecule has 1 N–H and O–H groups in total. The van der Waals surface area contributed by atoms with Gasteiger partial charge >= 0.3 is 0 Å². The van der Waals surface area contributed by atoms with Crippen LogP contribution >= 0.6 is 0 Å². The second-order valence-corrected chi connectivity index (χ2v) is 5.62. The SMILES string of the molecule is CCN(CC)C(=O)CCc1c(C)nc(N2CCOCC2)[nH]c1=O. The number of morpholine rings is 1. The number of hydrogen-bond donors (Lipinski definition) is 1. The van der Waals surface area contributed by atoms with Crippen LogP contribution < -0.4 is 10.5 Å². The molecule has 23 heavy (non-hydrogen) atoms. The number of rotatable bonds is 6. The first-order chi connectivity index (χ1) is 11.1. The van der Waals surface area contributed by atoms with E-state index >= 15 is 0 Å². The molecule has 0 unspecified atom stereocenters. The average Bonchev–Trinajstić information content (AvgIpc) is 2.56. The topological polar surface area (TPSA) is 78.5 Å². The van der Waals surface area contributed by atoms with Crippen molar-refractivity contribution in [2.75, 3.05) is 44.3 Å². The van der Waals surface area contributed by atoms with Crippen molar-refractivity contribution in [2.24, 2.45) is 0 Å². The Kier molecular flexibility index (Phi) is 6.15. The summed E-state index contributed by atoms with van der Waals surface area (Å²) in [4.78, 5) is 35.6. The van der Waals surface area contributed by atoms with Gasteiger partial charge in [0.05, 0.1) is 13.2 Å². The minimum atomic E-state index is -0.147. The highest BCUT2D eigenvalue weighted by Crippen LogP contribution is 2.11. The van der Waals surface area contributed by atoms with Crippen LogP contribution in [0.25, 0.3) is 0 Å². The zero-order valence-corrected chi connectivity index (χ0v) is 14.2. The molecule has 1 amide bonds. The molecule has 0 aromatic carbocycles. The quantitative estimate of drug-likeness (QED) is 0.835. The smallest absolute Gasteiger partial charge is 0.255 e. The highest BCUT2D eigenvalue weighted by atomic mass is 16.5. The van der Waals surface area contributed by atoms with Crippen molar-refractivity contribution >= 4 is 11.9 Å². The van der Waals surface area contributed by atoms with Crippen molar-refractivity contribution in [1.29, 1.82) is 0 Å². The third-order valence-corrected chi connectivity index (χ3v) is 4.23. The van der Waals surface area contributed by atoms with Gasteiger partial charge in [-0.3, -0.25) is 14.6 Å². The fourth-order valence-corrected chi connectivity index (χ4v) is 2.78. The number of ether oxygens (including phenoxy) is 1. The van der Waals surface area contributed by atoms with Gasteiger partial charge in [0.15, 0.2) is 0 Å². The standard InChI is InChI=1S/C16H26N4O3/c1-4-19(5-2)14(21)7-6-13-12(3)17-16(18-15(13)22)20-8-10-23-11-9-20/h4-11H2,1-3H3,(H,17,18,22). The molecule has 7 nitrogen and oxygen atoms in total. The Morgan fingerprint density at radius 2 is 1.96 bits per heavy atom. The van der Waals surface area contributed by atoms with Gasteiger partial charge in [-0.2, -0.15) is 0 Å². The van der Waals surface area contributed by atoms with Gasteiger partial charge in [0.25, 0.3) is 5.56 Å². The van der Waals surface area contributed by atoms with Gasteiger partial charge < -0.3 is 14.5 Å². The number of carbonyl (C=O) groups excluding carboxylic acids is 1. The monoisotopic (exact) mass is 322 g/mol. The number of H-pyrrole nitrogens is 1. The van der Waals surface area contributed by atoms with Crippen molar-refractivity contribution in [3.63, 3.8) is 0 Å². The molecule has 128 valence electrons. The molecule has 1 saturated heterocycles. The van der Waals surface area contributed by atoms with E-state index in [9.17, 15) is 9.59 Å². The summed E-state index contributed by atoms with van der Waals surface area (Å²) < 4.78 is 5.31. The summed E-state index contributed by atoms with van der Waals surface area (Å²) in [5, 5.41) is 0. The zero-order chi connectivity index (χ0) is 16.8. The van der Waals surface area contributed by atoms with Crippen LogP contribution in [0.1, 0.15) is 31.5 Å². The van der Waals surface area contributed by atoms with Crippen molar-refractivity contribution in [3.05, 3.63) is 21.6 Å². The Labute approximate surface area is 136 Å². The van der Waals surface area contributed by atoms with Crippen LogP contribution in [0.15, 0.2) is 4.79 Å². The van der Waals surface area contributed by atoms with Gasteiger partial charge in [0.2, 0.25) is 11.9 Å². The van der Waals surface area contributed by atoms with Gasteiger partial charge in [-0.1, -0.05) is 0 Å². The Bertz CT molecular complexity index is 589. The van der Waals surface area contributed by atoms with Crippen LogP contribution in [0.3, 0.4) is 0 Å². The van der Waals surface area contributed by atoms with Crippen LogP contribution in [-0.2, 0) is 16.0 Å². The molecule has 1 aliphatic rings. The average molecular weight is 322 g/mol. The van der Waals surface area contributed by atoms with E-state index < -0.39 is 0 Å². The number of aromatic nitrogens is 2. The number of nitrogens with zero attached hydrogens (tertiary/aromatic N) is 3. The molecule has 0 aliphatic carbocycles. The summed E-state index contributed by atoms with van der Waals surface area (Å²) in [6.45, 7) is 9.86. The van der Waals surface area contributed by atoms with E-state index in [1.807, 2.05) is 25.7 Å². The highest BCUT2D eigenvalue weighted by molar-refractivity contribution is 5.76. The maximum Gasteiger partial charge on any atom is 0.255 e. The first-order valence-corrected chi connectivity index (χ1v) is 8.27. The third-order valence-electron chi connectivity index (χ3n) is 4.23. The number of aryl methyl sites for hydroxylation is 1. The van der Waals surface area contributed by atoms with Crippen LogP contribution in [0.2, 0.25) is 0 Å². The Morgan fingerprint density at radius 3 is 2.52 bits per heavy atom. The summed E-state index contributed by atoms with van der Waals surface area (Å²) in [5.41, 5.74) is 1.15. The van der Waals surface area contributed by atoms with Crippen molar-refractivity contribution in [2.45, 2.75) is 33.6 Å². The lowest BCUT2D eigenvalue weighted by molar-refractivity contribution is -0.130. The normalized spacial score (nSPS) is 14.8. The first-order valence-electron chi connectivity index (χ1n) is 8.27. The van der Waals surface area contributed by atoms with Gasteiger partial charge in [0.1, 0.15) is 0 Å². The number of hydrogen-bond acceptors (Lipinski definition) is 5. The Morgan fingerprint density at radius 1 is 1.30 bits per heavy atom. The van der Waals surface area contributed by atoms with Crippen LogP contribution in [0.4, 0.5) is 5.95 Å².